The first-order chi connectivity index (χ1) is 16.6. The van der Waals surface area contributed by atoms with E-state index in [1.807, 2.05) is 48.5 Å². The number of aromatic nitrogens is 2. The Kier molecular flexibility index (Phi) is 6.87. The lowest BCUT2D eigenvalue weighted by Crippen LogP contribution is -2.25. The maximum absolute atomic E-state index is 13.0. The smallest absolute Gasteiger partial charge is 0.251 e. The molecule has 0 fully saturated rings. The van der Waals surface area contributed by atoms with Gasteiger partial charge in [-0.3, -0.25) is 4.79 Å². The second-order valence-electron chi connectivity index (χ2n) is 7.55. The number of rotatable bonds is 9. The molecule has 1 N–H and O–H groups in total. The molecule has 0 aliphatic heterocycles. The zero-order valence-electron chi connectivity index (χ0n) is 19.6. The van der Waals surface area contributed by atoms with Gasteiger partial charge in [0.25, 0.3) is 5.91 Å². The molecule has 0 aliphatic rings. The first-order valence-corrected chi connectivity index (χ1v) is 10.7. The van der Waals surface area contributed by atoms with Crippen molar-refractivity contribution in [2.24, 2.45) is 0 Å². The van der Waals surface area contributed by atoms with Gasteiger partial charge in [-0.05, 0) is 42.0 Å². The van der Waals surface area contributed by atoms with Crippen LogP contribution in [-0.4, -0.2) is 43.9 Å². The van der Waals surface area contributed by atoms with Crippen molar-refractivity contribution >= 4 is 16.9 Å². The molecule has 8 nitrogen and oxygen atoms in total. The number of imidazole rings is 1. The highest BCUT2D eigenvalue weighted by molar-refractivity contribution is 5.95. The van der Waals surface area contributed by atoms with Crippen LogP contribution < -0.4 is 24.3 Å². The van der Waals surface area contributed by atoms with Gasteiger partial charge in [0.1, 0.15) is 11.6 Å². The number of carbonyl (C=O) groups is 1. The molecule has 0 saturated heterocycles. The van der Waals surface area contributed by atoms with Crippen LogP contribution in [0.25, 0.3) is 11.0 Å². The Labute approximate surface area is 198 Å². The quantitative estimate of drug-likeness (QED) is 0.405. The van der Waals surface area contributed by atoms with Crippen molar-refractivity contribution in [1.82, 2.24) is 14.9 Å². The van der Waals surface area contributed by atoms with Crippen LogP contribution in [-0.2, 0) is 13.1 Å². The van der Waals surface area contributed by atoms with Gasteiger partial charge >= 0.3 is 0 Å². The Morgan fingerprint density at radius 1 is 0.882 bits per heavy atom. The summed E-state index contributed by atoms with van der Waals surface area (Å²) in [6, 6.07) is 19.1. The first-order valence-electron chi connectivity index (χ1n) is 10.7. The van der Waals surface area contributed by atoms with Crippen molar-refractivity contribution in [3.8, 4) is 23.0 Å². The largest absolute Gasteiger partial charge is 0.497 e. The molecule has 176 valence electrons. The molecule has 1 heterocycles. The van der Waals surface area contributed by atoms with E-state index in [-0.39, 0.29) is 12.5 Å². The summed E-state index contributed by atoms with van der Waals surface area (Å²) in [6.07, 6.45) is 0. The SMILES string of the molecule is COc1ccc(Cn2c(CNC(=O)c3cc(OC)c(OC)c(OC)c3)nc3ccccc32)cc1. The number of nitrogens with zero attached hydrogens (tertiary/aromatic N) is 2. The van der Waals surface area contributed by atoms with E-state index in [2.05, 4.69) is 9.88 Å². The zero-order valence-corrected chi connectivity index (χ0v) is 19.6. The third-order valence-electron chi connectivity index (χ3n) is 5.57. The minimum Gasteiger partial charge on any atom is -0.497 e. The third kappa shape index (κ3) is 4.61. The summed E-state index contributed by atoms with van der Waals surface area (Å²) in [5, 5.41) is 2.97. The van der Waals surface area contributed by atoms with Crippen LogP contribution in [0.3, 0.4) is 0 Å². The third-order valence-corrected chi connectivity index (χ3v) is 5.57. The number of fused-ring (bicyclic) bond motifs is 1. The van der Waals surface area contributed by atoms with Crippen LogP contribution >= 0.6 is 0 Å². The van der Waals surface area contributed by atoms with Crippen LogP contribution in [0.15, 0.2) is 60.7 Å². The molecule has 3 aromatic carbocycles. The molecule has 0 aliphatic carbocycles. The Morgan fingerprint density at radius 2 is 1.56 bits per heavy atom. The van der Waals surface area contributed by atoms with Gasteiger partial charge in [-0.15, -0.1) is 0 Å². The Hall–Kier alpha value is -4.20. The molecule has 0 saturated carbocycles. The molecule has 0 spiro atoms. The Bertz CT molecular complexity index is 1270. The number of nitrogens with one attached hydrogen (secondary N) is 1. The fraction of sp³-hybridized carbons (Fsp3) is 0.231. The summed E-state index contributed by atoms with van der Waals surface area (Å²) < 4.78 is 23.4. The van der Waals surface area contributed by atoms with E-state index in [1.165, 1.54) is 21.3 Å². The molecular weight excluding hydrogens is 434 g/mol. The molecular formula is C26H27N3O5. The summed E-state index contributed by atoms with van der Waals surface area (Å²) in [5.41, 5.74) is 3.36. The van der Waals surface area contributed by atoms with Crippen LogP contribution in [0.1, 0.15) is 21.7 Å². The average molecular weight is 462 g/mol. The second-order valence-corrected chi connectivity index (χ2v) is 7.55. The summed E-state index contributed by atoms with van der Waals surface area (Å²) in [5.74, 6) is 2.54. The number of amides is 1. The standard InChI is InChI=1S/C26H27N3O5/c1-31-19-11-9-17(10-12-19)16-29-21-8-6-5-7-20(21)28-24(29)15-27-26(30)18-13-22(32-2)25(34-4)23(14-18)33-3/h5-14H,15-16H2,1-4H3,(H,27,30). The Morgan fingerprint density at radius 3 is 2.18 bits per heavy atom. The van der Waals surface area contributed by atoms with Crippen molar-refractivity contribution in [1.29, 1.82) is 0 Å². The zero-order chi connectivity index (χ0) is 24.1. The van der Waals surface area contributed by atoms with E-state index in [1.54, 1.807) is 19.2 Å². The lowest BCUT2D eigenvalue weighted by molar-refractivity contribution is 0.0948. The van der Waals surface area contributed by atoms with Gasteiger partial charge in [-0.1, -0.05) is 24.3 Å². The number of carbonyl (C=O) groups excluding carboxylic acids is 1. The van der Waals surface area contributed by atoms with Gasteiger partial charge in [0.2, 0.25) is 5.75 Å². The molecule has 4 rings (SSSR count). The molecule has 1 aromatic heterocycles. The first kappa shape index (κ1) is 23.0. The summed E-state index contributed by atoms with van der Waals surface area (Å²) >= 11 is 0. The van der Waals surface area contributed by atoms with Crippen LogP contribution in [0.2, 0.25) is 0 Å². The lowest BCUT2D eigenvalue weighted by atomic mass is 10.1. The monoisotopic (exact) mass is 461 g/mol. The number of para-hydroxylation sites is 2. The lowest BCUT2D eigenvalue weighted by Gasteiger charge is -2.14. The fourth-order valence-corrected chi connectivity index (χ4v) is 3.82. The molecule has 8 heteroatoms. The predicted molar refractivity (Wildman–Crippen MR) is 129 cm³/mol. The number of benzene rings is 3. The molecule has 0 radical (unpaired) electrons. The Balaban J connectivity index is 1.60. The molecule has 34 heavy (non-hydrogen) atoms. The topological polar surface area (TPSA) is 83.8 Å². The predicted octanol–water partition coefficient (Wildman–Crippen LogP) is 4.05. The van der Waals surface area contributed by atoms with Crippen LogP contribution in [0.4, 0.5) is 0 Å². The van der Waals surface area contributed by atoms with Crippen LogP contribution in [0, 0.1) is 0 Å². The summed E-state index contributed by atoms with van der Waals surface area (Å²) in [7, 11) is 6.20. The van der Waals surface area contributed by atoms with E-state index in [0.29, 0.717) is 29.4 Å². The normalized spacial score (nSPS) is 10.7. The van der Waals surface area contributed by atoms with Gasteiger partial charge in [0.15, 0.2) is 11.5 Å². The second kappa shape index (κ2) is 10.2. The highest BCUT2D eigenvalue weighted by Gasteiger charge is 2.18. The van der Waals surface area contributed by atoms with Crippen molar-refractivity contribution in [3.63, 3.8) is 0 Å². The van der Waals surface area contributed by atoms with Gasteiger partial charge in [-0.2, -0.15) is 0 Å². The van der Waals surface area contributed by atoms with Crippen molar-refractivity contribution in [2.75, 3.05) is 28.4 Å². The van der Waals surface area contributed by atoms with Gasteiger partial charge in [0.05, 0.1) is 46.0 Å². The van der Waals surface area contributed by atoms with Crippen LogP contribution in [0.5, 0.6) is 23.0 Å². The number of ether oxygens (including phenoxy) is 4. The maximum atomic E-state index is 13.0. The molecule has 0 unspecified atom stereocenters. The fourth-order valence-electron chi connectivity index (χ4n) is 3.82. The highest BCUT2D eigenvalue weighted by atomic mass is 16.5. The van der Waals surface area contributed by atoms with E-state index < -0.39 is 0 Å². The summed E-state index contributed by atoms with van der Waals surface area (Å²) in [4.78, 5) is 17.8. The summed E-state index contributed by atoms with van der Waals surface area (Å²) in [6.45, 7) is 0.861. The van der Waals surface area contributed by atoms with Gasteiger partial charge < -0.3 is 28.8 Å². The molecule has 1 amide bonds. The van der Waals surface area contributed by atoms with Gasteiger partial charge in [0, 0.05) is 12.1 Å². The molecule has 4 aromatic rings. The van der Waals surface area contributed by atoms with E-state index >= 15 is 0 Å². The minimum atomic E-state index is -0.276. The number of hydrogen-bond donors (Lipinski definition) is 1. The average Bonchev–Trinajstić information content (AvgIpc) is 3.23. The minimum absolute atomic E-state index is 0.250. The molecule has 0 bridgehead atoms. The highest BCUT2D eigenvalue weighted by Crippen LogP contribution is 2.38. The van der Waals surface area contributed by atoms with E-state index in [4.69, 9.17) is 23.9 Å². The van der Waals surface area contributed by atoms with Gasteiger partial charge in [-0.25, -0.2) is 4.98 Å². The van der Waals surface area contributed by atoms with Crippen molar-refractivity contribution in [3.05, 3.63) is 77.6 Å². The van der Waals surface area contributed by atoms with E-state index in [9.17, 15) is 4.79 Å². The number of methoxy groups -OCH3 is 4. The van der Waals surface area contributed by atoms with E-state index in [0.717, 1.165) is 28.2 Å². The van der Waals surface area contributed by atoms with Crippen molar-refractivity contribution < 1.29 is 23.7 Å². The number of hydrogen-bond acceptors (Lipinski definition) is 6. The maximum Gasteiger partial charge on any atom is 0.251 e. The molecule has 0 atom stereocenters. The van der Waals surface area contributed by atoms with Crippen molar-refractivity contribution in [2.45, 2.75) is 13.1 Å².